The van der Waals surface area contributed by atoms with Crippen molar-refractivity contribution in [1.29, 1.82) is 0 Å². The van der Waals surface area contributed by atoms with E-state index in [4.69, 9.17) is 4.43 Å². The first-order valence-electron chi connectivity index (χ1n) is 7.03. The van der Waals surface area contributed by atoms with E-state index in [0.29, 0.717) is 6.42 Å². The Morgan fingerprint density at radius 3 is 2.33 bits per heavy atom. The van der Waals surface area contributed by atoms with Crippen molar-refractivity contribution in [2.75, 3.05) is 0 Å². The molecule has 1 unspecified atom stereocenters. The summed E-state index contributed by atoms with van der Waals surface area (Å²) in [5, 5.41) is 0.0542. The summed E-state index contributed by atoms with van der Waals surface area (Å²) in [7, 11) is -1.97. The minimum Gasteiger partial charge on any atom is -0.406 e. The predicted octanol–water partition coefficient (Wildman–Crippen LogP) is 4.16. The number of hydrogen-bond donors (Lipinski definition) is 0. The Labute approximate surface area is 127 Å². The number of benzene rings is 1. The molecule has 2 nitrogen and oxygen atoms in total. The Morgan fingerprint density at radius 1 is 1.29 bits per heavy atom. The standard InChI is InChI=1S/C17H23FO2Si/c1-17(2,3)21(4,5)20-16(13-19)8-6-7-14-9-11-15(18)12-10-14/h9-13,16H,8H2,1-5H3. The van der Waals surface area contributed by atoms with Crippen molar-refractivity contribution in [2.24, 2.45) is 0 Å². The molecule has 0 saturated carbocycles. The van der Waals surface area contributed by atoms with E-state index in [9.17, 15) is 9.18 Å². The molecular weight excluding hydrogens is 283 g/mol. The van der Waals surface area contributed by atoms with Gasteiger partial charge in [0.05, 0.1) is 0 Å². The summed E-state index contributed by atoms with van der Waals surface area (Å²) in [4.78, 5) is 11.2. The summed E-state index contributed by atoms with van der Waals surface area (Å²) in [6.07, 6.45) is 0.673. The Bertz CT molecular complexity index is 533. The van der Waals surface area contributed by atoms with Crippen LogP contribution in [-0.2, 0) is 9.22 Å². The van der Waals surface area contributed by atoms with Crippen molar-refractivity contribution in [3.8, 4) is 11.8 Å². The first kappa shape index (κ1) is 17.6. The summed E-state index contributed by atoms with van der Waals surface area (Å²) in [6, 6.07) is 5.97. The van der Waals surface area contributed by atoms with E-state index in [0.717, 1.165) is 11.8 Å². The fraction of sp³-hybridized carbons (Fsp3) is 0.471. The quantitative estimate of drug-likeness (QED) is 0.474. The van der Waals surface area contributed by atoms with Crippen LogP contribution in [0.15, 0.2) is 24.3 Å². The second-order valence-corrected chi connectivity index (χ2v) is 11.3. The number of carbonyl (C=O) groups excluding carboxylic acids is 1. The van der Waals surface area contributed by atoms with Crippen LogP contribution in [0, 0.1) is 17.7 Å². The fourth-order valence-corrected chi connectivity index (χ4v) is 2.71. The van der Waals surface area contributed by atoms with E-state index in [1.165, 1.54) is 12.1 Å². The van der Waals surface area contributed by atoms with Gasteiger partial charge in [0, 0.05) is 12.0 Å². The molecule has 0 amide bonds. The highest BCUT2D eigenvalue weighted by Crippen LogP contribution is 2.37. The largest absolute Gasteiger partial charge is 0.406 e. The van der Waals surface area contributed by atoms with Crippen LogP contribution in [0.1, 0.15) is 32.8 Å². The van der Waals surface area contributed by atoms with Crippen LogP contribution < -0.4 is 0 Å². The van der Waals surface area contributed by atoms with Crippen molar-refractivity contribution in [3.05, 3.63) is 35.6 Å². The van der Waals surface area contributed by atoms with Gasteiger partial charge in [-0.2, -0.15) is 0 Å². The van der Waals surface area contributed by atoms with Gasteiger partial charge in [-0.1, -0.05) is 32.6 Å². The third-order valence-electron chi connectivity index (χ3n) is 3.78. The monoisotopic (exact) mass is 306 g/mol. The number of rotatable bonds is 4. The summed E-state index contributed by atoms with van der Waals surface area (Å²) in [5.41, 5.74) is 0.730. The lowest BCUT2D eigenvalue weighted by molar-refractivity contribution is -0.113. The Morgan fingerprint density at radius 2 is 1.86 bits per heavy atom. The molecule has 114 valence electrons. The van der Waals surface area contributed by atoms with Crippen LogP contribution in [0.4, 0.5) is 4.39 Å². The molecule has 0 aromatic heterocycles. The van der Waals surface area contributed by atoms with Gasteiger partial charge in [-0.25, -0.2) is 4.39 Å². The SMILES string of the molecule is CC(C)(C)[Si](C)(C)OC(C=O)CC#Cc1ccc(F)cc1. The summed E-state index contributed by atoms with van der Waals surface area (Å²) in [5.74, 6) is 5.58. The maximum atomic E-state index is 12.8. The minimum atomic E-state index is -1.97. The van der Waals surface area contributed by atoms with Gasteiger partial charge in [0.15, 0.2) is 8.32 Å². The lowest BCUT2D eigenvalue weighted by Gasteiger charge is -2.37. The van der Waals surface area contributed by atoms with Gasteiger partial charge in [0.25, 0.3) is 0 Å². The van der Waals surface area contributed by atoms with Crippen LogP contribution in [-0.4, -0.2) is 20.7 Å². The van der Waals surface area contributed by atoms with Gasteiger partial charge in [-0.3, -0.25) is 0 Å². The minimum absolute atomic E-state index is 0.0542. The third kappa shape index (κ3) is 5.45. The molecule has 0 fully saturated rings. The zero-order chi connectivity index (χ0) is 16.1. The van der Waals surface area contributed by atoms with Gasteiger partial charge in [-0.15, -0.1) is 0 Å². The van der Waals surface area contributed by atoms with Gasteiger partial charge in [0.1, 0.15) is 18.2 Å². The lowest BCUT2D eigenvalue weighted by atomic mass is 10.2. The van der Waals surface area contributed by atoms with Gasteiger partial charge < -0.3 is 9.22 Å². The molecule has 0 radical (unpaired) electrons. The van der Waals surface area contributed by atoms with Crippen molar-refractivity contribution in [1.82, 2.24) is 0 Å². The van der Waals surface area contributed by atoms with Crippen LogP contribution in [0.5, 0.6) is 0 Å². The second-order valence-electron chi connectivity index (χ2n) is 6.57. The van der Waals surface area contributed by atoms with E-state index in [1.54, 1.807) is 12.1 Å². The average molecular weight is 306 g/mol. The molecule has 1 aromatic rings. The smallest absolute Gasteiger partial charge is 0.193 e. The predicted molar refractivity (Wildman–Crippen MR) is 86.0 cm³/mol. The lowest BCUT2D eigenvalue weighted by Crippen LogP contribution is -2.44. The Kier molecular flexibility index (Phi) is 5.88. The Balaban J connectivity index is 2.68. The molecule has 0 aliphatic carbocycles. The number of aldehydes is 1. The maximum absolute atomic E-state index is 12.8. The van der Waals surface area contributed by atoms with Crippen LogP contribution >= 0.6 is 0 Å². The van der Waals surface area contributed by atoms with E-state index in [-0.39, 0.29) is 10.9 Å². The number of halogens is 1. The van der Waals surface area contributed by atoms with E-state index in [1.807, 2.05) is 0 Å². The highest BCUT2D eigenvalue weighted by atomic mass is 28.4. The molecule has 0 aliphatic rings. The van der Waals surface area contributed by atoms with Crippen molar-refractivity contribution >= 4 is 14.6 Å². The molecule has 1 rings (SSSR count). The molecular formula is C17H23FO2Si. The topological polar surface area (TPSA) is 26.3 Å². The van der Waals surface area contributed by atoms with Crippen LogP contribution in [0.25, 0.3) is 0 Å². The van der Waals surface area contributed by atoms with E-state index < -0.39 is 14.4 Å². The zero-order valence-electron chi connectivity index (χ0n) is 13.4. The van der Waals surface area contributed by atoms with Crippen molar-refractivity contribution in [2.45, 2.75) is 51.4 Å². The van der Waals surface area contributed by atoms with Gasteiger partial charge in [0.2, 0.25) is 0 Å². The second kappa shape index (κ2) is 7.01. The first-order valence-corrected chi connectivity index (χ1v) is 9.94. The molecule has 0 aliphatic heterocycles. The van der Waals surface area contributed by atoms with Crippen LogP contribution in [0.2, 0.25) is 18.1 Å². The summed E-state index contributed by atoms with van der Waals surface area (Å²) in [6.45, 7) is 10.6. The molecule has 0 bridgehead atoms. The fourth-order valence-electron chi connectivity index (χ4n) is 1.46. The molecule has 0 spiro atoms. The number of carbonyl (C=O) groups is 1. The van der Waals surface area contributed by atoms with Crippen molar-refractivity contribution < 1.29 is 13.6 Å². The summed E-state index contributed by atoms with van der Waals surface area (Å²) >= 11 is 0. The molecule has 0 N–H and O–H groups in total. The first-order chi connectivity index (χ1) is 9.65. The molecule has 1 atom stereocenters. The highest BCUT2D eigenvalue weighted by molar-refractivity contribution is 6.74. The highest BCUT2D eigenvalue weighted by Gasteiger charge is 2.38. The maximum Gasteiger partial charge on any atom is 0.193 e. The molecule has 21 heavy (non-hydrogen) atoms. The zero-order valence-corrected chi connectivity index (χ0v) is 14.4. The van der Waals surface area contributed by atoms with Gasteiger partial charge >= 0.3 is 0 Å². The molecule has 0 heterocycles. The van der Waals surface area contributed by atoms with Crippen LogP contribution in [0.3, 0.4) is 0 Å². The number of hydrogen-bond acceptors (Lipinski definition) is 2. The Hall–Kier alpha value is -1.44. The van der Waals surface area contributed by atoms with E-state index >= 15 is 0 Å². The van der Waals surface area contributed by atoms with Gasteiger partial charge in [-0.05, 0) is 42.4 Å². The third-order valence-corrected chi connectivity index (χ3v) is 8.29. The summed E-state index contributed by atoms with van der Waals surface area (Å²) < 4.78 is 18.8. The molecule has 4 heteroatoms. The molecule has 0 saturated heterocycles. The normalized spacial score (nSPS) is 13.2. The average Bonchev–Trinajstić information content (AvgIpc) is 2.38. The van der Waals surface area contributed by atoms with E-state index in [2.05, 4.69) is 45.7 Å². The molecule has 1 aromatic carbocycles. The van der Waals surface area contributed by atoms with Crippen molar-refractivity contribution in [3.63, 3.8) is 0 Å².